The number of fused-ring (bicyclic) bond motifs is 1. The van der Waals surface area contributed by atoms with Crippen LogP contribution in [0.2, 0.25) is 0 Å². The minimum atomic E-state index is -4.56. The van der Waals surface area contributed by atoms with Gasteiger partial charge >= 0.3 is 6.18 Å². The Morgan fingerprint density at radius 2 is 1.68 bits per heavy atom. The lowest BCUT2D eigenvalue weighted by atomic mass is 10.0. The molecule has 0 bridgehead atoms. The van der Waals surface area contributed by atoms with E-state index in [1.54, 1.807) is 17.8 Å². The van der Waals surface area contributed by atoms with Crippen LogP contribution in [0.4, 0.5) is 24.7 Å². The maximum absolute atomic E-state index is 13.1. The third kappa shape index (κ3) is 5.86. The smallest absolute Gasteiger partial charge is 0.399 e. The van der Waals surface area contributed by atoms with Crippen molar-refractivity contribution in [3.63, 3.8) is 0 Å². The molecule has 0 fully saturated rings. The molecule has 4 aromatic rings. The van der Waals surface area contributed by atoms with Gasteiger partial charge in [-0.2, -0.15) is 18.3 Å². The first-order valence-electron chi connectivity index (χ1n) is 11.9. The number of hydrogen-bond acceptors (Lipinski definition) is 4. The van der Waals surface area contributed by atoms with Crippen LogP contribution < -0.4 is 16.0 Å². The average molecular weight is 522 g/mol. The molecule has 0 aliphatic carbocycles. The van der Waals surface area contributed by atoms with Gasteiger partial charge < -0.3 is 11.1 Å². The standard InChI is InChI=1S/C22H19F3N4O2.C6H7N/c1-2-28-20-15(13-26-29(20)17-9-4-3-5-10-17)12-18(21(28)31)27-19(30)14-7-6-8-16(11-14)22(23,24)25;7-6-4-2-1-3-5-6/h3-11,13,18H,2,12H2,1H3,(H,27,30);1-5H,7H2. The van der Waals surface area contributed by atoms with Crippen LogP contribution in [0.3, 0.4) is 0 Å². The first kappa shape index (κ1) is 26.5. The molecule has 2 heterocycles. The molecule has 2 amide bonds. The minimum absolute atomic E-state index is 0.156. The van der Waals surface area contributed by atoms with Crippen molar-refractivity contribution in [2.45, 2.75) is 25.6 Å². The van der Waals surface area contributed by atoms with Crippen LogP contribution in [-0.2, 0) is 17.4 Å². The molecule has 1 aliphatic heterocycles. The SMILES string of the molecule is CCN1C(=O)C(NC(=O)c2cccc(C(F)(F)F)c2)Cc2cnn(-c3ccccc3)c21.Nc1ccccc1. The van der Waals surface area contributed by atoms with Gasteiger partial charge in [-0.1, -0.05) is 42.5 Å². The Balaban J connectivity index is 0.000000417. The third-order valence-corrected chi connectivity index (χ3v) is 5.93. The number of nitrogens with two attached hydrogens (primary N) is 1. The van der Waals surface area contributed by atoms with Crippen molar-refractivity contribution >= 4 is 23.3 Å². The fourth-order valence-electron chi connectivity index (χ4n) is 4.12. The second-order valence-electron chi connectivity index (χ2n) is 8.54. The van der Waals surface area contributed by atoms with Crippen molar-refractivity contribution in [3.05, 3.63) is 108 Å². The highest BCUT2D eigenvalue weighted by molar-refractivity contribution is 6.04. The summed E-state index contributed by atoms with van der Waals surface area (Å²) in [5.41, 5.74) is 6.66. The Morgan fingerprint density at radius 3 is 2.26 bits per heavy atom. The summed E-state index contributed by atoms with van der Waals surface area (Å²) in [5, 5.41) is 6.98. The van der Waals surface area contributed by atoms with Gasteiger partial charge in [0.05, 0.1) is 17.4 Å². The Hall–Kier alpha value is -4.60. The topological polar surface area (TPSA) is 93.2 Å². The molecule has 1 aromatic heterocycles. The highest BCUT2D eigenvalue weighted by atomic mass is 19.4. The predicted molar refractivity (Wildman–Crippen MR) is 139 cm³/mol. The summed E-state index contributed by atoms with van der Waals surface area (Å²) >= 11 is 0. The molecule has 38 heavy (non-hydrogen) atoms. The van der Waals surface area contributed by atoms with Crippen LogP contribution in [0.1, 0.15) is 28.4 Å². The molecule has 10 heteroatoms. The molecule has 1 atom stereocenters. The van der Waals surface area contributed by atoms with Gasteiger partial charge in [-0.3, -0.25) is 14.5 Å². The number of carbonyl (C=O) groups is 2. The number of nitrogens with one attached hydrogen (secondary N) is 1. The van der Waals surface area contributed by atoms with E-state index < -0.39 is 23.7 Å². The lowest BCUT2D eigenvalue weighted by Crippen LogP contribution is -2.53. The monoisotopic (exact) mass is 521 g/mol. The van der Waals surface area contributed by atoms with Crippen molar-refractivity contribution in [3.8, 4) is 5.69 Å². The summed E-state index contributed by atoms with van der Waals surface area (Å²) < 4.78 is 40.5. The summed E-state index contributed by atoms with van der Waals surface area (Å²) in [6, 6.07) is 22.1. The number of para-hydroxylation sites is 2. The number of amides is 2. The summed E-state index contributed by atoms with van der Waals surface area (Å²) in [4.78, 5) is 27.2. The number of nitrogen functional groups attached to an aromatic ring is 1. The quantitative estimate of drug-likeness (QED) is 0.375. The fourth-order valence-corrected chi connectivity index (χ4v) is 4.12. The molecule has 0 spiro atoms. The number of anilines is 2. The maximum atomic E-state index is 13.1. The molecule has 1 aliphatic rings. The Kier molecular flexibility index (Phi) is 7.80. The van der Waals surface area contributed by atoms with Gasteiger partial charge in [-0.15, -0.1) is 0 Å². The van der Waals surface area contributed by atoms with E-state index in [1.165, 1.54) is 17.0 Å². The molecule has 3 N–H and O–H groups in total. The number of benzene rings is 3. The van der Waals surface area contributed by atoms with Crippen molar-refractivity contribution in [1.82, 2.24) is 15.1 Å². The summed E-state index contributed by atoms with van der Waals surface area (Å²) in [7, 11) is 0. The largest absolute Gasteiger partial charge is 0.416 e. The third-order valence-electron chi connectivity index (χ3n) is 5.93. The number of carbonyl (C=O) groups excluding carboxylic acids is 2. The number of hydrogen-bond donors (Lipinski definition) is 2. The van der Waals surface area contributed by atoms with Crippen molar-refractivity contribution in [2.75, 3.05) is 17.2 Å². The molecular weight excluding hydrogens is 495 g/mol. The summed E-state index contributed by atoms with van der Waals surface area (Å²) in [6.07, 6.45) is -2.72. The van der Waals surface area contributed by atoms with E-state index in [2.05, 4.69) is 10.4 Å². The van der Waals surface area contributed by atoms with E-state index in [1.807, 2.05) is 60.7 Å². The first-order valence-corrected chi connectivity index (χ1v) is 11.9. The highest BCUT2D eigenvalue weighted by Crippen LogP contribution is 2.31. The fraction of sp³-hybridized carbons (Fsp3) is 0.179. The molecule has 0 saturated heterocycles. The van der Waals surface area contributed by atoms with Crippen LogP contribution in [0.15, 0.2) is 91.1 Å². The Morgan fingerprint density at radius 1 is 1.03 bits per heavy atom. The van der Waals surface area contributed by atoms with Crippen molar-refractivity contribution in [2.24, 2.45) is 0 Å². The number of likely N-dealkylation sites (N-methyl/N-ethyl adjacent to an activating group) is 1. The zero-order chi connectivity index (χ0) is 27.3. The highest BCUT2D eigenvalue weighted by Gasteiger charge is 2.37. The number of rotatable bonds is 4. The van der Waals surface area contributed by atoms with E-state index in [0.717, 1.165) is 29.1 Å². The molecule has 3 aromatic carbocycles. The van der Waals surface area contributed by atoms with Crippen LogP contribution in [0.25, 0.3) is 5.69 Å². The van der Waals surface area contributed by atoms with E-state index in [4.69, 9.17) is 5.73 Å². The second-order valence-corrected chi connectivity index (χ2v) is 8.54. The summed E-state index contributed by atoms with van der Waals surface area (Å²) in [6.45, 7) is 2.15. The van der Waals surface area contributed by atoms with Gasteiger partial charge in [0.25, 0.3) is 11.8 Å². The van der Waals surface area contributed by atoms with Crippen LogP contribution >= 0.6 is 0 Å². The first-order chi connectivity index (χ1) is 18.2. The van der Waals surface area contributed by atoms with Gasteiger partial charge in [-0.05, 0) is 49.4 Å². The van der Waals surface area contributed by atoms with Crippen molar-refractivity contribution in [1.29, 1.82) is 0 Å². The zero-order valence-electron chi connectivity index (χ0n) is 20.5. The minimum Gasteiger partial charge on any atom is -0.399 e. The van der Waals surface area contributed by atoms with Gasteiger partial charge in [0, 0.05) is 29.8 Å². The molecular formula is C28H26F3N5O2. The van der Waals surface area contributed by atoms with E-state index in [-0.39, 0.29) is 17.9 Å². The van der Waals surface area contributed by atoms with Crippen LogP contribution in [0.5, 0.6) is 0 Å². The Labute approximate surface area is 217 Å². The number of halogens is 3. The maximum Gasteiger partial charge on any atom is 0.416 e. The molecule has 0 saturated carbocycles. The molecule has 196 valence electrons. The van der Waals surface area contributed by atoms with Crippen LogP contribution in [0, 0.1) is 0 Å². The van der Waals surface area contributed by atoms with E-state index in [0.29, 0.717) is 12.4 Å². The molecule has 7 nitrogen and oxygen atoms in total. The van der Waals surface area contributed by atoms with Crippen LogP contribution in [-0.4, -0.2) is 34.2 Å². The average Bonchev–Trinajstić information content (AvgIpc) is 3.33. The van der Waals surface area contributed by atoms with E-state index in [9.17, 15) is 22.8 Å². The zero-order valence-corrected chi connectivity index (χ0v) is 20.5. The lowest BCUT2D eigenvalue weighted by molar-refractivity contribution is -0.137. The molecule has 0 radical (unpaired) electrons. The second kappa shape index (κ2) is 11.2. The van der Waals surface area contributed by atoms with E-state index >= 15 is 0 Å². The van der Waals surface area contributed by atoms with Crippen molar-refractivity contribution < 1.29 is 22.8 Å². The normalized spacial score (nSPS) is 14.8. The molecule has 5 rings (SSSR count). The molecule has 1 unspecified atom stereocenters. The number of nitrogens with zero attached hydrogens (tertiary/aromatic N) is 3. The van der Waals surface area contributed by atoms with Gasteiger partial charge in [-0.25, -0.2) is 4.68 Å². The Bertz CT molecular complexity index is 1410. The predicted octanol–water partition coefficient (Wildman–Crippen LogP) is 4.87. The number of aromatic nitrogens is 2. The summed E-state index contributed by atoms with van der Waals surface area (Å²) in [5.74, 6) is -0.448. The number of alkyl halides is 3. The van der Waals surface area contributed by atoms with Gasteiger partial charge in [0.2, 0.25) is 0 Å². The van der Waals surface area contributed by atoms with Gasteiger partial charge in [0.1, 0.15) is 11.9 Å². The lowest BCUT2D eigenvalue weighted by Gasteiger charge is -2.32. The van der Waals surface area contributed by atoms with Gasteiger partial charge in [0.15, 0.2) is 0 Å².